The van der Waals surface area contributed by atoms with E-state index in [9.17, 15) is 0 Å². The van der Waals surface area contributed by atoms with Gasteiger partial charge in [-0.2, -0.15) is 0 Å². The molecule has 2 N–H and O–H groups in total. The fourth-order valence-corrected chi connectivity index (χ4v) is 2.22. The summed E-state index contributed by atoms with van der Waals surface area (Å²) < 4.78 is 5.13. The van der Waals surface area contributed by atoms with Gasteiger partial charge in [0.05, 0.1) is 12.0 Å². The van der Waals surface area contributed by atoms with Crippen LogP contribution in [0.5, 0.6) is 5.75 Å². The van der Waals surface area contributed by atoms with Crippen LogP contribution >= 0.6 is 22.9 Å². The maximum Gasteiger partial charge on any atom is 0.180 e. The first-order chi connectivity index (χ1) is 7.20. The molecule has 1 aromatic carbocycles. The lowest BCUT2D eigenvalue weighted by Gasteiger charge is -2.04. The van der Waals surface area contributed by atoms with Crippen molar-refractivity contribution in [1.29, 1.82) is 0 Å². The number of thiazole rings is 1. The van der Waals surface area contributed by atoms with E-state index in [0.717, 1.165) is 16.2 Å². The molecule has 0 bridgehead atoms. The zero-order valence-electron chi connectivity index (χ0n) is 8.03. The molecule has 15 heavy (non-hydrogen) atoms. The van der Waals surface area contributed by atoms with E-state index in [0.29, 0.717) is 10.2 Å². The van der Waals surface area contributed by atoms with Crippen molar-refractivity contribution in [3.63, 3.8) is 0 Å². The van der Waals surface area contributed by atoms with Crippen LogP contribution in [0.15, 0.2) is 24.4 Å². The highest BCUT2D eigenvalue weighted by molar-refractivity contribution is 7.18. The van der Waals surface area contributed by atoms with E-state index in [1.165, 1.54) is 11.3 Å². The molecule has 2 rings (SSSR count). The van der Waals surface area contributed by atoms with Gasteiger partial charge in [-0.15, -0.1) is 0 Å². The molecule has 78 valence electrons. The highest BCUT2D eigenvalue weighted by Gasteiger charge is 2.08. The highest BCUT2D eigenvalue weighted by Crippen LogP contribution is 2.35. The van der Waals surface area contributed by atoms with E-state index in [1.54, 1.807) is 19.4 Å². The summed E-state index contributed by atoms with van der Waals surface area (Å²) in [6.07, 6.45) is 1.71. The number of anilines is 1. The molecular weight excluding hydrogens is 232 g/mol. The van der Waals surface area contributed by atoms with Crippen LogP contribution in [0.25, 0.3) is 10.4 Å². The summed E-state index contributed by atoms with van der Waals surface area (Å²) in [5.41, 5.74) is 6.46. The molecule has 0 atom stereocenters. The van der Waals surface area contributed by atoms with Crippen LogP contribution in [0.3, 0.4) is 0 Å². The third kappa shape index (κ3) is 2.06. The van der Waals surface area contributed by atoms with Gasteiger partial charge >= 0.3 is 0 Å². The van der Waals surface area contributed by atoms with Crippen LogP contribution < -0.4 is 10.5 Å². The number of nitrogens with zero attached hydrogens (tertiary/aromatic N) is 1. The molecule has 0 saturated heterocycles. The normalized spacial score (nSPS) is 10.3. The lowest BCUT2D eigenvalue weighted by Crippen LogP contribution is -1.83. The Morgan fingerprint density at radius 3 is 2.87 bits per heavy atom. The molecule has 0 spiro atoms. The van der Waals surface area contributed by atoms with E-state index in [2.05, 4.69) is 4.98 Å². The second-order valence-electron chi connectivity index (χ2n) is 2.91. The van der Waals surface area contributed by atoms with E-state index < -0.39 is 0 Å². The van der Waals surface area contributed by atoms with Crippen LogP contribution in [-0.2, 0) is 0 Å². The van der Waals surface area contributed by atoms with E-state index in [1.807, 2.05) is 12.1 Å². The fraction of sp³-hybridized carbons (Fsp3) is 0.100. The van der Waals surface area contributed by atoms with Gasteiger partial charge in [-0.1, -0.05) is 22.9 Å². The van der Waals surface area contributed by atoms with Gasteiger partial charge in [0.1, 0.15) is 5.75 Å². The summed E-state index contributed by atoms with van der Waals surface area (Å²) in [5, 5.41) is 1.20. The first-order valence-electron chi connectivity index (χ1n) is 4.26. The van der Waals surface area contributed by atoms with Crippen LogP contribution in [0.1, 0.15) is 0 Å². The van der Waals surface area contributed by atoms with Crippen LogP contribution in [0.4, 0.5) is 5.13 Å². The van der Waals surface area contributed by atoms with E-state index in [4.69, 9.17) is 22.1 Å². The van der Waals surface area contributed by atoms with Gasteiger partial charge in [0.2, 0.25) is 0 Å². The lowest BCUT2D eigenvalue weighted by molar-refractivity contribution is 0.415. The molecule has 3 nitrogen and oxygen atoms in total. The number of nitrogen functional groups attached to an aromatic ring is 1. The Bertz CT molecular complexity index is 484. The first-order valence-corrected chi connectivity index (χ1v) is 5.45. The topological polar surface area (TPSA) is 48.1 Å². The van der Waals surface area contributed by atoms with Crippen molar-refractivity contribution in [3.8, 4) is 16.2 Å². The molecule has 5 heteroatoms. The zero-order chi connectivity index (χ0) is 10.8. The Morgan fingerprint density at radius 1 is 1.47 bits per heavy atom. The summed E-state index contributed by atoms with van der Waals surface area (Å²) in [7, 11) is 1.62. The third-order valence-electron chi connectivity index (χ3n) is 1.96. The number of ether oxygens (including phenoxy) is 1. The quantitative estimate of drug-likeness (QED) is 0.878. The van der Waals surface area contributed by atoms with Crippen molar-refractivity contribution in [2.45, 2.75) is 0 Å². The number of halogens is 1. The fourth-order valence-electron chi connectivity index (χ4n) is 1.23. The Labute approximate surface area is 96.5 Å². The average Bonchev–Trinajstić information content (AvgIpc) is 2.65. The maximum atomic E-state index is 6.08. The molecule has 0 saturated carbocycles. The number of rotatable bonds is 2. The number of methoxy groups -OCH3 is 1. The largest absolute Gasteiger partial charge is 0.497 e. The molecule has 1 aromatic heterocycles. The van der Waals surface area contributed by atoms with Crippen LogP contribution in [0, 0.1) is 0 Å². The Balaban J connectivity index is 2.51. The van der Waals surface area contributed by atoms with Crippen molar-refractivity contribution in [1.82, 2.24) is 4.98 Å². The summed E-state index contributed by atoms with van der Waals surface area (Å²) in [5.74, 6) is 0.765. The number of benzene rings is 1. The van der Waals surface area contributed by atoms with Gasteiger partial charge in [0, 0.05) is 16.8 Å². The third-order valence-corrected chi connectivity index (χ3v) is 3.15. The Kier molecular flexibility index (Phi) is 2.79. The number of hydrogen-bond acceptors (Lipinski definition) is 4. The van der Waals surface area contributed by atoms with Gasteiger partial charge < -0.3 is 10.5 Å². The molecule has 0 radical (unpaired) electrons. The van der Waals surface area contributed by atoms with Gasteiger partial charge in [0.25, 0.3) is 0 Å². The van der Waals surface area contributed by atoms with Gasteiger partial charge in [-0.05, 0) is 18.2 Å². The molecule has 0 aliphatic heterocycles. The molecule has 0 amide bonds. The molecule has 1 heterocycles. The van der Waals surface area contributed by atoms with Crippen LogP contribution in [0.2, 0.25) is 5.02 Å². The SMILES string of the molecule is COc1ccc(Cl)c(-c2cnc(N)s2)c1. The summed E-state index contributed by atoms with van der Waals surface area (Å²) in [4.78, 5) is 4.93. The maximum absolute atomic E-state index is 6.08. The van der Waals surface area contributed by atoms with Crippen molar-refractivity contribution < 1.29 is 4.74 Å². The second-order valence-corrected chi connectivity index (χ2v) is 4.38. The molecular formula is C10H9ClN2OS. The molecule has 0 fully saturated rings. The predicted octanol–water partition coefficient (Wildman–Crippen LogP) is 3.05. The second kappa shape index (κ2) is 4.08. The zero-order valence-corrected chi connectivity index (χ0v) is 9.60. The molecule has 0 unspecified atom stereocenters. The molecule has 2 aromatic rings. The summed E-state index contributed by atoms with van der Waals surface area (Å²) in [6, 6.07) is 5.48. The minimum atomic E-state index is 0.531. The molecule has 0 aliphatic carbocycles. The minimum absolute atomic E-state index is 0.531. The standard InChI is InChI=1S/C10H9ClN2OS/c1-14-6-2-3-8(11)7(4-6)9-5-13-10(12)15-9/h2-5H,1H3,(H2,12,13). The molecule has 0 aliphatic rings. The van der Waals surface area contributed by atoms with Gasteiger partial charge in [-0.25, -0.2) is 4.98 Å². The number of nitrogens with two attached hydrogens (primary N) is 1. The number of hydrogen-bond donors (Lipinski definition) is 1. The monoisotopic (exact) mass is 240 g/mol. The van der Waals surface area contributed by atoms with E-state index in [-0.39, 0.29) is 0 Å². The predicted molar refractivity (Wildman–Crippen MR) is 63.5 cm³/mol. The summed E-state index contributed by atoms with van der Waals surface area (Å²) >= 11 is 7.48. The van der Waals surface area contributed by atoms with Crippen molar-refractivity contribution in [2.24, 2.45) is 0 Å². The van der Waals surface area contributed by atoms with Crippen molar-refractivity contribution in [2.75, 3.05) is 12.8 Å². The van der Waals surface area contributed by atoms with Gasteiger partial charge in [-0.3, -0.25) is 0 Å². The minimum Gasteiger partial charge on any atom is -0.497 e. The van der Waals surface area contributed by atoms with Crippen molar-refractivity contribution in [3.05, 3.63) is 29.4 Å². The Hall–Kier alpha value is -1.26. The average molecular weight is 241 g/mol. The van der Waals surface area contributed by atoms with E-state index >= 15 is 0 Å². The number of aromatic nitrogens is 1. The smallest absolute Gasteiger partial charge is 0.180 e. The van der Waals surface area contributed by atoms with Crippen LogP contribution in [-0.4, -0.2) is 12.1 Å². The summed E-state index contributed by atoms with van der Waals surface area (Å²) in [6.45, 7) is 0. The Morgan fingerprint density at radius 2 is 2.27 bits per heavy atom. The highest BCUT2D eigenvalue weighted by atomic mass is 35.5. The van der Waals surface area contributed by atoms with Gasteiger partial charge in [0.15, 0.2) is 5.13 Å². The first kappa shape index (κ1) is 10.3. The lowest BCUT2D eigenvalue weighted by atomic mass is 10.2. The van der Waals surface area contributed by atoms with Crippen molar-refractivity contribution >= 4 is 28.1 Å².